The smallest absolute Gasteiger partial charge is 0.221 e. The Morgan fingerprint density at radius 2 is 2.00 bits per heavy atom. The highest BCUT2D eigenvalue weighted by atomic mass is 32.2. The Morgan fingerprint density at radius 1 is 1.24 bits per heavy atom. The van der Waals surface area contributed by atoms with Gasteiger partial charge in [0.25, 0.3) is 0 Å². The third kappa shape index (κ3) is 2.88. The normalized spacial score (nSPS) is 10.2. The summed E-state index contributed by atoms with van der Waals surface area (Å²) < 4.78 is 5.28. The highest BCUT2D eigenvalue weighted by molar-refractivity contribution is 7.99. The monoisotopic (exact) mass is 247 g/mol. The van der Waals surface area contributed by atoms with Gasteiger partial charge < -0.3 is 10.5 Å². The Bertz CT molecular complexity index is 511. The van der Waals surface area contributed by atoms with Crippen LogP contribution in [0, 0.1) is 6.92 Å². The number of nitrogens with zero attached hydrogens (tertiary/aromatic N) is 2. The van der Waals surface area contributed by atoms with E-state index in [0.717, 1.165) is 21.4 Å². The molecular weight excluding hydrogens is 234 g/mol. The number of rotatable bonds is 3. The van der Waals surface area contributed by atoms with E-state index in [1.807, 2.05) is 37.3 Å². The first-order chi connectivity index (χ1) is 8.19. The van der Waals surface area contributed by atoms with Crippen LogP contribution in [0.1, 0.15) is 5.69 Å². The quantitative estimate of drug-likeness (QED) is 0.844. The van der Waals surface area contributed by atoms with Crippen molar-refractivity contribution in [2.45, 2.75) is 16.8 Å². The van der Waals surface area contributed by atoms with E-state index in [2.05, 4.69) is 9.97 Å². The molecule has 0 aliphatic rings. The van der Waals surface area contributed by atoms with Gasteiger partial charge in [0.05, 0.1) is 12.0 Å². The lowest BCUT2D eigenvalue weighted by molar-refractivity contribution is 0.405. The van der Waals surface area contributed by atoms with Crippen LogP contribution in [0.15, 0.2) is 40.3 Å². The SMILES string of the molecule is COc1ccccc1Sc1cc(C)nc(N)n1. The number of hydrogen-bond acceptors (Lipinski definition) is 5. The van der Waals surface area contributed by atoms with E-state index in [4.69, 9.17) is 10.5 Å². The Kier molecular flexibility index (Phi) is 3.49. The zero-order valence-corrected chi connectivity index (χ0v) is 10.5. The summed E-state index contributed by atoms with van der Waals surface area (Å²) in [5, 5.41) is 0.819. The first-order valence-electron chi connectivity index (χ1n) is 5.11. The molecule has 88 valence electrons. The van der Waals surface area contributed by atoms with Gasteiger partial charge in [-0.2, -0.15) is 0 Å². The van der Waals surface area contributed by atoms with Crippen molar-refractivity contribution in [2.75, 3.05) is 12.8 Å². The average Bonchev–Trinajstić information content (AvgIpc) is 2.28. The zero-order chi connectivity index (χ0) is 12.3. The molecule has 0 fully saturated rings. The summed E-state index contributed by atoms with van der Waals surface area (Å²) in [4.78, 5) is 9.23. The van der Waals surface area contributed by atoms with Crippen LogP contribution < -0.4 is 10.5 Å². The standard InChI is InChI=1S/C12H13N3OS/c1-8-7-11(15-12(13)14-8)17-10-6-4-3-5-9(10)16-2/h3-7H,1-2H3,(H2,13,14,15). The zero-order valence-electron chi connectivity index (χ0n) is 9.68. The van der Waals surface area contributed by atoms with E-state index in [0.29, 0.717) is 5.95 Å². The molecule has 0 unspecified atom stereocenters. The largest absolute Gasteiger partial charge is 0.496 e. The van der Waals surface area contributed by atoms with Crippen molar-refractivity contribution < 1.29 is 4.74 Å². The van der Waals surface area contributed by atoms with E-state index in [-0.39, 0.29) is 0 Å². The maximum absolute atomic E-state index is 5.62. The van der Waals surface area contributed by atoms with Crippen molar-refractivity contribution >= 4 is 17.7 Å². The van der Waals surface area contributed by atoms with Gasteiger partial charge in [0.2, 0.25) is 5.95 Å². The van der Waals surface area contributed by atoms with Gasteiger partial charge in [0.1, 0.15) is 10.8 Å². The van der Waals surface area contributed by atoms with Crippen molar-refractivity contribution in [3.05, 3.63) is 36.0 Å². The van der Waals surface area contributed by atoms with E-state index in [1.54, 1.807) is 7.11 Å². The average molecular weight is 247 g/mol. The molecule has 2 aromatic rings. The van der Waals surface area contributed by atoms with Gasteiger partial charge >= 0.3 is 0 Å². The summed E-state index contributed by atoms with van der Waals surface area (Å²) in [7, 11) is 1.65. The lowest BCUT2D eigenvalue weighted by atomic mass is 10.3. The molecule has 0 spiro atoms. The van der Waals surface area contributed by atoms with Gasteiger partial charge in [0, 0.05) is 5.69 Å². The number of methoxy groups -OCH3 is 1. The van der Waals surface area contributed by atoms with Gasteiger partial charge in [-0.25, -0.2) is 9.97 Å². The molecule has 2 N–H and O–H groups in total. The Balaban J connectivity index is 2.31. The van der Waals surface area contributed by atoms with E-state index in [9.17, 15) is 0 Å². The van der Waals surface area contributed by atoms with Crippen molar-refractivity contribution in [3.8, 4) is 5.75 Å². The number of nitrogens with two attached hydrogens (primary N) is 1. The predicted molar refractivity (Wildman–Crippen MR) is 68.3 cm³/mol. The molecule has 5 heteroatoms. The van der Waals surface area contributed by atoms with Gasteiger partial charge in [0.15, 0.2) is 0 Å². The van der Waals surface area contributed by atoms with Crippen molar-refractivity contribution in [2.24, 2.45) is 0 Å². The molecule has 0 amide bonds. The second-order valence-electron chi connectivity index (χ2n) is 3.46. The Hall–Kier alpha value is -1.75. The Labute approximate surface area is 104 Å². The fraction of sp³-hybridized carbons (Fsp3) is 0.167. The second-order valence-corrected chi connectivity index (χ2v) is 4.52. The molecule has 4 nitrogen and oxygen atoms in total. The van der Waals surface area contributed by atoms with Crippen molar-refractivity contribution in [1.29, 1.82) is 0 Å². The summed E-state index contributed by atoms with van der Waals surface area (Å²) in [5.74, 6) is 1.12. The third-order valence-electron chi connectivity index (χ3n) is 2.13. The van der Waals surface area contributed by atoms with Crippen LogP contribution in [0.3, 0.4) is 0 Å². The van der Waals surface area contributed by atoms with Crippen LogP contribution in [0.4, 0.5) is 5.95 Å². The summed E-state index contributed by atoms with van der Waals surface area (Å²) in [5.41, 5.74) is 6.47. The molecule has 0 aliphatic carbocycles. The highest BCUT2D eigenvalue weighted by Gasteiger charge is 2.06. The van der Waals surface area contributed by atoms with Gasteiger partial charge in [-0.1, -0.05) is 23.9 Å². The third-order valence-corrected chi connectivity index (χ3v) is 3.11. The maximum Gasteiger partial charge on any atom is 0.221 e. The fourth-order valence-electron chi connectivity index (χ4n) is 1.43. The summed E-state index contributed by atoms with van der Waals surface area (Å²) in [6.45, 7) is 1.89. The molecule has 0 saturated carbocycles. The number of aryl methyl sites for hydroxylation is 1. The Morgan fingerprint density at radius 3 is 2.71 bits per heavy atom. The van der Waals surface area contributed by atoms with Crippen LogP contribution >= 0.6 is 11.8 Å². The van der Waals surface area contributed by atoms with E-state index < -0.39 is 0 Å². The van der Waals surface area contributed by atoms with Crippen molar-refractivity contribution in [3.63, 3.8) is 0 Å². The van der Waals surface area contributed by atoms with Crippen molar-refractivity contribution in [1.82, 2.24) is 9.97 Å². The minimum atomic E-state index is 0.294. The number of para-hydroxylation sites is 1. The van der Waals surface area contributed by atoms with E-state index in [1.165, 1.54) is 11.8 Å². The number of aromatic nitrogens is 2. The minimum absolute atomic E-state index is 0.294. The molecule has 1 aromatic carbocycles. The number of ether oxygens (including phenoxy) is 1. The number of benzene rings is 1. The summed E-state index contributed by atoms with van der Waals surface area (Å²) in [6.07, 6.45) is 0. The molecule has 0 atom stereocenters. The number of hydrogen-bond donors (Lipinski definition) is 1. The minimum Gasteiger partial charge on any atom is -0.496 e. The molecule has 0 saturated heterocycles. The van der Waals surface area contributed by atoms with Gasteiger partial charge in [-0.3, -0.25) is 0 Å². The maximum atomic E-state index is 5.62. The predicted octanol–water partition coefficient (Wildman–Crippen LogP) is 2.53. The van der Waals surface area contributed by atoms with Crippen LogP contribution in [0.25, 0.3) is 0 Å². The molecular formula is C12H13N3OS. The van der Waals surface area contributed by atoms with Crippen LogP contribution in [-0.2, 0) is 0 Å². The molecule has 0 aliphatic heterocycles. The molecule has 17 heavy (non-hydrogen) atoms. The number of anilines is 1. The van der Waals surface area contributed by atoms with Crippen LogP contribution in [-0.4, -0.2) is 17.1 Å². The first-order valence-corrected chi connectivity index (χ1v) is 5.92. The lowest BCUT2D eigenvalue weighted by Gasteiger charge is -2.07. The second kappa shape index (κ2) is 5.05. The first kappa shape index (κ1) is 11.7. The fourth-order valence-corrected chi connectivity index (χ4v) is 2.42. The molecule has 2 rings (SSSR count). The number of nitrogen functional groups attached to an aromatic ring is 1. The van der Waals surface area contributed by atoms with Gasteiger partial charge in [-0.15, -0.1) is 0 Å². The van der Waals surface area contributed by atoms with E-state index >= 15 is 0 Å². The summed E-state index contributed by atoms with van der Waals surface area (Å²) >= 11 is 1.51. The van der Waals surface area contributed by atoms with Gasteiger partial charge in [-0.05, 0) is 25.1 Å². The molecule has 1 aromatic heterocycles. The van der Waals surface area contributed by atoms with Crippen LogP contribution in [0.2, 0.25) is 0 Å². The molecule has 0 bridgehead atoms. The molecule has 1 heterocycles. The topological polar surface area (TPSA) is 61.0 Å². The lowest BCUT2D eigenvalue weighted by Crippen LogP contribution is -1.97. The van der Waals surface area contributed by atoms with Crippen LogP contribution in [0.5, 0.6) is 5.75 Å². The highest BCUT2D eigenvalue weighted by Crippen LogP contribution is 2.33. The molecule has 0 radical (unpaired) electrons. The summed E-state index contributed by atoms with van der Waals surface area (Å²) in [6, 6.07) is 9.69.